The number of ketones is 1. The van der Waals surface area contributed by atoms with E-state index in [-0.39, 0.29) is 16.9 Å². The van der Waals surface area contributed by atoms with Gasteiger partial charge in [0.2, 0.25) is 0 Å². The first kappa shape index (κ1) is 16.6. The lowest BCUT2D eigenvalue weighted by Gasteiger charge is -2.32. The molecule has 0 amide bonds. The number of Topliss-reactive ketones (excluding diaryl/α,β-unsaturated/α-hetero) is 1. The van der Waals surface area contributed by atoms with Crippen LogP contribution in [0.2, 0.25) is 0 Å². The van der Waals surface area contributed by atoms with Crippen LogP contribution in [0.15, 0.2) is 0 Å². The maximum absolute atomic E-state index is 12.3. The standard InChI is InChI=1S/C15H31NO/c1-11(2)16-13(15(6,7)8)12(17)9-10-14(3,4)5/h11,13,16H,9-10H2,1-8H3/t13-/m0/s1. The Morgan fingerprint density at radius 3 is 1.82 bits per heavy atom. The summed E-state index contributed by atoms with van der Waals surface area (Å²) in [6.45, 7) is 17.1. The van der Waals surface area contributed by atoms with Gasteiger partial charge in [0.05, 0.1) is 6.04 Å². The van der Waals surface area contributed by atoms with Gasteiger partial charge in [-0.15, -0.1) is 0 Å². The van der Waals surface area contributed by atoms with Crippen molar-refractivity contribution < 1.29 is 4.79 Å². The van der Waals surface area contributed by atoms with Crippen LogP contribution in [0.25, 0.3) is 0 Å². The summed E-state index contributed by atoms with van der Waals surface area (Å²) in [6.07, 6.45) is 1.63. The molecule has 2 heteroatoms. The fourth-order valence-corrected chi connectivity index (χ4v) is 1.80. The van der Waals surface area contributed by atoms with Crippen molar-refractivity contribution in [3.05, 3.63) is 0 Å². The Kier molecular flexibility index (Phi) is 5.86. The molecule has 0 radical (unpaired) electrons. The number of rotatable bonds is 5. The first-order chi connectivity index (χ1) is 7.43. The van der Waals surface area contributed by atoms with Crippen molar-refractivity contribution in [3.63, 3.8) is 0 Å². The topological polar surface area (TPSA) is 29.1 Å². The Bertz CT molecular complexity index is 243. The van der Waals surface area contributed by atoms with Crippen LogP contribution in [0, 0.1) is 10.8 Å². The van der Waals surface area contributed by atoms with Gasteiger partial charge in [0.25, 0.3) is 0 Å². The maximum atomic E-state index is 12.3. The molecule has 0 heterocycles. The molecule has 0 aliphatic carbocycles. The largest absolute Gasteiger partial charge is 0.305 e. The minimum atomic E-state index is -0.0372. The second-order valence-corrected chi connectivity index (χ2v) is 7.65. The van der Waals surface area contributed by atoms with Crippen LogP contribution < -0.4 is 5.32 Å². The Balaban J connectivity index is 4.55. The third-order valence-electron chi connectivity index (χ3n) is 2.81. The van der Waals surface area contributed by atoms with E-state index in [2.05, 4.69) is 60.7 Å². The molecular weight excluding hydrogens is 210 g/mol. The zero-order valence-electron chi connectivity index (χ0n) is 13.0. The summed E-state index contributed by atoms with van der Waals surface area (Å²) in [5.74, 6) is 0.348. The average Bonchev–Trinajstić information content (AvgIpc) is 2.07. The van der Waals surface area contributed by atoms with E-state index in [0.29, 0.717) is 18.2 Å². The maximum Gasteiger partial charge on any atom is 0.150 e. The molecule has 0 unspecified atom stereocenters. The second kappa shape index (κ2) is 5.99. The minimum absolute atomic E-state index is 0.0146. The van der Waals surface area contributed by atoms with Gasteiger partial charge in [0.15, 0.2) is 0 Å². The third kappa shape index (κ3) is 7.54. The molecular formula is C15H31NO. The van der Waals surface area contributed by atoms with Crippen molar-refractivity contribution in [2.45, 2.75) is 80.3 Å². The van der Waals surface area contributed by atoms with E-state index >= 15 is 0 Å². The molecule has 1 atom stereocenters. The van der Waals surface area contributed by atoms with Crippen molar-refractivity contribution in [3.8, 4) is 0 Å². The lowest BCUT2D eigenvalue weighted by Crippen LogP contribution is -2.49. The van der Waals surface area contributed by atoms with Gasteiger partial charge in [-0.3, -0.25) is 4.79 Å². The molecule has 0 aromatic rings. The first-order valence-electron chi connectivity index (χ1n) is 6.72. The molecule has 102 valence electrons. The van der Waals surface area contributed by atoms with Crippen LogP contribution in [0.4, 0.5) is 0 Å². The highest BCUT2D eigenvalue weighted by Crippen LogP contribution is 2.25. The SMILES string of the molecule is CC(C)N[C@@H](C(=O)CCC(C)(C)C)C(C)(C)C. The van der Waals surface area contributed by atoms with Crippen molar-refractivity contribution in [1.82, 2.24) is 5.32 Å². The highest BCUT2D eigenvalue weighted by Gasteiger charge is 2.31. The minimum Gasteiger partial charge on any atom is -0.305 e. The zero-order chi connectivity index (χ0) is 13.9. The van der Waals surface area contributed by atoms with Gasteiger partial charge in [-0.1, -0.05) is 55.4 Å². The predicted octanol–water partition coefficient (Wildman–Crippen LogP) is 3.79. The van der Waals surface area contributed by atoms with Crippen LogP contribution >= 0.6 is 0 Å². The van der Waals surface area contributed by atoms with Crippen LogP contribution in [-0.4, -0.2) is 17.9 Å². The molecule has 1 N–H and O–H groups in total. The molecule has 0 aliphatic heterocycles. The first-order valence-corrected chi connectivity index (χ1v) is 6.72. The molecule has 0 fully saturated rings. The molecule has 0 rings (SSSR count). The summed E-state index contributed by atoms with van der Waals surface area (Å²) < 4.78 is 0. The molecule has 0 aromatic heterocycles. The van der Waals surface area contributed by atoms with Crippen LogP contribution in [-0.2, 0) is 4.79 Å². The Morgan fingerprint density at radius 1 is 1.06 bits per heavy atom. The molecule has 0 saturated carbocycles. The van der Waals surface area contributed by atoms with Gasteiger partial charge in [0.1, 0.15) is 5.78 Å². The number of carbonyl (C=O) groups is 1. The van der Waals surface area contributed by atoms with Crippen LogP contribution in [0.3, 0.4) is 0 Å². The molecule has 0 spiro atoms. The Morgan fingerprint density at radius 2 is 1.53 bits per heavy atom. The monoisotopic (exact) mass is 241 g/mol. The van der Waals surface area contributed by atoms with Crippen molar-refractivity contribution >= 4 is 5.78 Å². The predicted molar refractivity (Wildman–Crippen MR) is 75.2 cm³/mol. The summed E-state index contributed by atoms with van der Waals surface area (Å²) in [7, 11) is 0. The molecule has 0 aliphatic rings. The van der Waals surface area contributed by atoms with Gasteiger partial charge < -0.3 is 5.32 Å². The van der Waals surface area contributed by atoms with Gasteiger partial charge in [0, 0.05) is 12.5 Å². The lowest BCUT2D eigenvalue weighted by atomic mass is 9.80. The highest BCUT2D eigenvalue weighted by molar-refractivity contribution is 5.84. The average molecular weight is 241 g/mol. The quantitative estimate of drug-likeness (QED) is 0.793. The molecule has 2 nitrogen and oxygen atoms in total. The fraction of sp³-hybridized carbons (Fsp3) is 0.933. The smallest absolute Gasteiger partial charge is 0.150 e. The third-order valence-corrected chi connectivity index (χ3v) is 2.81. The van der Waals surface area contributed by atoms with E-state index in [1.165, 1.54) is 0 Å². The van der Waals surface area contributed by atoms with E-state index in [1.54, 1.807) is 0 Å². The normalized spacial score (nSPS) is 15.1. The number of nitrogens with one attached hydrogen (secondary N) is 1. The van der Waals surface area contributed by atoms with Crippen LogP contribution in [0.1, 0.15) is 68.2 Å². The van der Waals surface area contributed by atoms with E-state index in [0.717, 1.165) is 6.42 Å². The van der Waals surface area contributed by atoms with Crippen molar-refractivity contribution in [2.75, 3.05) is 0 Å². The van der Waals surface area contributed by atoms with E-state index in [4.69, 9.17) is 0 Å². The second-order valence-electron chi connectivity index (χ2n) is 7.65. The van der Waals surface area contributed by atoms with E-state index < -0.39 is 0 Å². The molecule has 0 bridgehead atoms. The highest BCUT2D eigenvalue weighted by atomic mass is 16.1. The fourth-order valence-electron chi connectivity index (χ4n) is 1.80. The molecule has 17 heavy (non-hydrogen) atoms. The zero-order valence-corrected chi connectivity index (χ0v) is 13.0. The summed E-state index contributed by atoms with van der Waals surface area (Å²) in [5.41, 5.74) is 0.217. The van der Waals surface area contributed by atoms with E-state index in [9.17, 15) is 4.79 Å². The lowest BCUT2D eigenvalue weighted by molar-refractivity contribution is -0.124. The number of carbonyl (C=O) groups excluding carboxylic acids is 1. The Labute approximate surface area is 108 Å². The van der Waals surface area contributed by atoms with Crippen molar-refractivity contribution in [1.29, 1.82) is 0 Å². The summed E-state index contributed by atoms with van der Waals surface area (Å²) in [4.78, 5) is 12.3. The van der Waals surface area contributed by atoms with Crippen molar-refractivity contribution in [2.24, 2.45) is 10.8 Å². The summed E-state index contributed by atoms with van der Waals surface area (Å²) in [6, 6.07) is 0.308. The Hall–Kier alpha value is -0.370. The van der Waals surface area contributed by atoms with Gasteiger partial charge >= 0.3 is 0 Å². The van der Waals surface area contributed by atoms with Crippen LogP contribution in [0.5, 0.6) is 0 Å². The molecule has 0 aromatic carbocycles. The van der Waals surface area contributed by atoms with Gasteiger partial charge in [-0.2, -0.15) is 0 Å². The summed E-state index contributed by atoms with van der Waals surface area (Å²) >= 11 is 0. The van der Waals surface area contributed by atoms with E-state index in [1.807, 2.05) is 0 Å². The number of hydrogen-bond donors (Lipinski definition) is 1. The summed E-state index contributed by atoms with van der Waals surface area (Å²) in [5, 5.41) is 3.41. The number of hydrogen-bond acceptors (Lipinski definition) is 2. The van der Waals surface area contributed by atoms with Gasteiger partial charge in [-0.25, -0.2) is 0 Å². The molecule has 0 saturated heterocycles. The van der Waals surface area contributed by atoms with Gasteiger partial charge in [-0.05, 0) is 17.3 Å².